The molecule has 0 aromatic heterocycles. The van der Waals surface area contributed by atoms with E-state index in [0.29, 0.717) is 0 Å². The third-order valence-electron chi connectivity index (χ3n) is 4.89. The van der Waals surface area contributed by atoms with E-state index in [9.17, 15) is 13.2 Å². The third-order valence-corrected chi connectivity index (χ3v) is 4.89. The lowest BCUT2D eigenvalue weighted by Crippen LogP contribution is -2.45. The molecule has 0 spiro atoms. The first kappa shape index (κ1) is 24.6. The molecule has 0 aliphatic carbocycles. The highest BCUT2D eigenvalue weighted by atomic mass is 35.5. The maximum atomic E-state index is 12.4. The van der Waals surface area contributed by atoms with E-state index in [4.69, 9.17) is 0 Å². The molecule has 1 fully saturated rings. The van der Waals surface area contributed by atoms with Crippen LogP contribution in [0.25, 0.3) is 0 Å². The van der Waals surface area contributed by atoms with Crippen molar-refractivity contribution in [2.24, 2.45) is 0 Å². The molecule has 8 heteroatoms. The number of piperazine rings is 1. The summed E-state index contributed by atoms with van der Waals surface area (Å²) < 4.78 is 41.3. The molecule has 3 rings (SSSR count). The SMILES string of the molecule is Cc1cccc([C@H](c2ccc(OC(F)(F)F)cc2)N2CCNCC2)c1C.Cl.Cl. The van der Waals surface area contributed by atoms with Crippen molar-refractivity contribution in [3.8, 4) is 5.75 Å². The van der Waals surface area contributed by atoms with Gasteiger partial charge in [-0.2, -0.15) is 0 Å². The first-order valence-corrected chi connectivity index (χ1v) is 8.72. The fourth-order valence-corrected chi connectivity index (χ4v) is 3.45. The van der Waals surface area contributed by atoms with E-state index in [-0.39, 0.29) is 36.6 Å². The highest BCUT2D eigenvalue weighted by Gasteiger charge is 2.31. The zero-order valence-electron chi connectivity index (χ0n) is 15.8. The molecular weight excluding hydrogens is 412 g/mol. The molecule has 0 bridgehead atoms. The number of rotatable bonds is 4. The number of halogens is 5. The van der Waals surface area contributed by atoms with Gasteiger partial charge in [0.05, 0.1) is 6.04 Å². The van der Waals surface area contributed by atoms with Crippen molar-refractivity contribution in [1.29, 1.82) is 0 Å². The van der Waals surface area contributed by atoms with Gasteiger partial charge >= 0.3 is 6.36 Å². The summed E-state index contributed by atoms with van der Waals surface area (Å²) in [5, 5.41) is 3.35. The monoisotopic (exact) mass is 436 g/mol. The summed E-state index contributed by atoms with van der Waals surface area (Å²) in [5.74, 6) is -0.193. The van der Waals surface area contributed by atoms with Gasteiger partial charge in [0.2, 0.25) is 0 Å². The molecule has 0 saturated carbocycles. The van der Waals surface area contributed by atoms with E-state index in [1.54, 1.807) is 12.1 Å². The molecule has 28 heavy (non-hydrogen) atoms. The molecule has 1 aliphatic heterocycles. The van der Waals surface area contributed by atoms with Gasteiger partial charge < -0.3 is 10.1 Å². The molecule has 0 radical (unpaired) electrons. The number of aryl methyl sites for hydroxylation is 1. The van der Waals surface area contributed by atoms with E-state index < -0.39 is 6.36 Å². The number of hydrogen-bond donors (Lipinski definition) is 1. The lowest BCUT2D eigenvalue weighted by atomic mass is 9.91. The van der Waals surface area contributed by atoms with Crippen LogP contribution < -0.4 is 10.1 Å². The van der Waals surface area contributed by atoms with Gasteiger partial charge in [-0.05, 0) is 48.2 Å². The van der Waals surface area contributed by atoms with E-state index >= 15 is 0 Å². The average molecular weight is 437 g/mol. The second kappa shape index (κ2) is 10.3. The van der Waals surface area contributed by atoms with Crippen LogP contribution in [-0.2, 0) is 0 Å². The summed E-state index contributed by atoms with van der Waals surface area (Å²) in [6.07, 6.45) is -4.67. The second-order valence-corrected chi connectivity index (χ2v) is 6.59. The van der Waals surface area contributed by atoms with Gasteiger partial charge in [0.1, 0.15) is 5.75 Å². The number of benzene rings is 2. The Labute approximate surface area is 176 Å². The van der Waals surface area contributed by atoms with Crippen LogP contribution in [0.4, 0.5) is 13.2 Å². The van der Waals surface area contributed by atoms with Gasteiger partial charge in [-0.1, -0.05) is 30.3 Å². The predicted octanol–water partition coefficient (Wildman–Crippen LogP) is 5.04. The van der Waals surface area contributed by atoms with Crippen molar-refractivity contribution >= 4 is 24.8 Å². The third kappa shape index (κ3) is 6.01. The van der Waals surface area contributed by atoms with Gasteiger partial charge in [0, 0.05) is 26.2 Å². The van der Waals surface area contributed by atoms with Crippen LogP contribution in [0.3, 0.4) is 0 Å². The number of alkyl halides is 3. The van der Waals surface area contributed by atoms with Crippen LogP contribution in [0.5, 0.6) is 5.75 Å². The Morgan fingerprint density at radius 2 is 1.57 bits per heavy atom. The van der Waals surface area contributed by atoms with Gasteiger partial charge in [0.15, 0.2) is 0 Å². The van der Waals surface area contributed by atoms with Crippen LogP contribution in [0, 0.1) is 13.8 Å². The van der Waals surface area contributed by atoms with Crippen molar-refractivity contribution in [3.63, 3.8) is 0 Å². The number of ether oxygens (including phenoxy) is 1. The van der Waals surface area contributed by atoms with Crippen molar-refractivity contribution in [2.75, 3.05) is 26.2 Å². The van der Waals surface area contributed by atoms with Gasteiger partial charge in [-0.3, -0.25) is 4.90 Å². The van der Waals surface area contributed by atoms with Crippen LogP contribution in [-0.4, -0.2) is 37.4 Å². The minimum Gasteiger partial charge on any atom is -0.406 e. The highest BCUT2D eigenvalue weighted by Crippen LogP contribution is 2.33. The maximum absolute atomic E-state index is 12.4. The topological polar surface area (TPSA) is 24.5 Å². The molecule has 1 aliphatic rings. The van der Waals surface area contributed by atoms with E-state index in [2.05, 4.69) is 40.9 Å². The van der Waals surface area contributed by atoms with Crippen molar-refractivity contribution in [3.05, 3.63) is 64.7 Å². The molecule has 1 N–H and O–H groups in total. The van der Waals surface area contributed by atoms with Crippen LogP contribution in [0.2, 0.25) is 0 Å². The molecule has 2 aromatic carbocycles. The Morgan fingerprint density at radius 3 is 2.14 bits per heavy atom. The summed E-state index contributed by atoms with van der Waals surface area (Å²) in [6, 6.07) is 12.5. The molecule has 2 aromatic rings. The Morgan fingerprint density at radius 1 is 0.964 bits per heavy atom. The Balaban J connectivity index is 0.00000196. The number of hydrogen-bond acceptors (Lipinski definition) is 3. The summed E-state index contributed by atoms with van der Waals surface area (Å²) in [4.78, 5) is 2.37. The Hall–Kier alpha value is -1.47. The maximum Gasteiger partial charge on any atom is 0.573 e. The van der Waals surface area contributed by atoms with Gasteiger partial charge in [-0.15, -0.1) is 38.0 Å². The molecule has 156 valence electrons. The number of nitrogens with one attached hydrogen (secondary N) is 1. The molecule has 1 atom stereocenters. The fourth-order valence-electron chi connectivity index (χ4n) is 3.45. The standard InChI is InChI=1S/C20H23F3N2O.2ClH/c1-14-4-3-5-18(15(14)2)19(25-12-10-24-11-13-25)16-6-8-17(9-7-16)26-20(21,22)23;;/h3-9,19,24H,10-13H2,1-2H3;2*1H/t19-;;/m0../s1. The summed E-state index contributed by atoms with van der Waals surface area (Å²) in [6.45, 7) is 7.75. The van der Waals surface area contributed by atoms with Crippen molar-refractivity contribution in [2.45, 2.75) is 26.3 Å². The Bertz CT molecular complexity index is 748. The molecule has 1 heterocycles. The normalized spacial score (nSPS) is 15.9. The largest absolute Gasteiger partial charge is 0.573 e. The summed E-state index contributed by atoms with van der Waals surface area (Å²) in [5.41, 5.74) is 4.58. The molecular formula is C20H25Cl2F3N2O. The minimum absolute atomic E-state index is 0. The molecule has 0 amide bonds. The lowest BCUT2D eigenvalue weighted by molar-refractivity contribution is -0.274. The predicted molar refractivity (Wildman–Crippen MR) is 110 cm³/mol. The summed E-state index contributed by atoms with van der Waals surface area (Å²) in [7, 11) is 0. The van der Waals surface area contributed by atoms with E-state index in [1.807, 2.05) is 6.07 Å². The van der Waals surface area contributed by atoms with Crippen molar-refractivity contribution < 1.29 is 17.9 Å². The zero-order chi connectivity index (χ0) is 18.7. The smallest absolute Gasteiger partial charge is 0.406 e. The first-order chi connectivity index (χ1) is 12.3. The molecule has 1 saturated heterocycles. The van der Waals surface area contributed by atoms with E-state index in [1.165, 1.54) is 28.8 Å². The first-order valence-electron chi connectivity index (χ1n) is 8.72. The molecule has 0 unspecified atom stereocenters. The lowest BCUT2D eigenvalue weighted by Gasteiger charge is -2.36. The zero-order valence-corrected chi connectivity index (χ0v) is 17.4. The average Bonchev–Trinajstić information content (AvgIpc) is 2.60. The van der Waals surface area contributed by atoms with Crippen LogP contribution >= 0.6 is 24.8 Å². The summed E-state index contributed by atoms with van der Waals surface area (Å²) >= 11 is 0. The van der Waals surface area contributed by atoms with Crippen LogP contribution in [0.1, 0.15) is 28.3 Å². The van der Waals surface area contributed by atoms with Crippen LogP contribution in [0.15, 0.2) is 42.5 Å². The van der Waals surface area contributed by atoms with E-state index in [0.717, 1.165) is 31.7 Å². The minimum atomic E-state index is -4.67. The van der Waals surface area contributed by atoms with Crippen molar-refractivity contribution in [1.82, 2.24) is 10.2 Å². The molecule has 3 nitrogen and oxygen atoms in total. The Kier molecular flexibility index (Phi) is 9.08. The number of nitrogens with zero attached hydrogens (tertiary/aromatic N) is 1. The second-order valence-electron chi connectivity index (χ2n) is 6.59. The highest BCUT2D eigenvalue weighted by molar-refractivity contribution is 5.85. The van der Waals surface area contributed by atoms with Gasteiger partial charge in [0.25, 0.3) is 0 Å². The quantitative estimate of drug-likeness (QED) is 0.726. The van der Waals surface area contributed by atoms with Gasteiger partial charge in [-0.25, -0.2) is 0 Å². The fraction of sp³-hybridized carbons (Fsp3) is 0.400.